The number of hydrogen-bond acceptors (Lipinski definition) is 5. The predicted octanol–water partition coefficient (Wildman–Crippen LogP) is 1.86. The van der Waals surface area contributed by atoms with Crippen LogP contribution in [-0.4, -0.2) is 18.4 Å². The summed E-state index contributed by atoms with van der Waals surface area (Å²) in [4.78, 5) is 28.9. The van der Waals surface area contributed by atoms with E-state index in [1.807, 2.05) is 27.7 Å². The maximum Gasteiger partial charge on any atom is 0.349 e. The summed E-state index contributed by atoms with van der Waals surface area (Å²) in [7, 11) is 0. The van der Waals surface area contributed by atoms with E-state index in [0.717, 1.165) is 0 Å². The second-order valence-electron chi connectivity index (χ2n) is 5.04. The average Bonchev–Trinajstić information content (AvgIpc) is 2.19. The molecule has 5 nitrogen and oxygen atoms in total. The third-order valence-corrected chi connectivity index (χ3v) is 2.36. The van der Waals surface area contributed by atoms with Crippen LogP contribution in [0.5, 0.6) is 0 Å². The summed E-state index contributed by atoms with van der Waals surface area (Å²) >= 11 is 0. The molecule has 1 N–H and O–H groups in total. The lowest BCUT2D eigenvalue weighted by atomic mass is 9.87. The fourth-order valence-corrected chi connectivity index (χ4v) is 1.53. The highest BCUT2D eigenvalue weighted by Crippen LogP contribution is 2.29. The van der Waals surface area contributed by atoms with Crippen LogP contribution < -0.4 is 5.48 Å². The minimum Gasteiger partial charge on any atom is -0.427 e. The van der Waals surface area contributed by atoms with E-state index in [0.29, 0.717) is 18.1 Å². The van der Waals surface area contributed by atoms with Crippen molar-refractivity contribution in [2.45, 2.75) is 34.6 Å². The summed E-state index contributed by atoms with van der Waals surface area (Å²) in [5.41, 5.74) is 2.69. The van der Waals surface area contributed by atoms with E-state index in [2.05, 4.69) is 5.48 Å². The fourth-order valence-electron chi connectivity index (χ4n) is 1.53. The fraction of sp³-hybridized carbons (Fsp3) is 0.538. The maximum atomic E-state index is 11.9. The van der Waals surface area contributed by atoms with Crippen molar-refractivity contribution in [1.82, 2.24) is 5.48 Å². The highest BCUT2D eigenvalue weighted by atomic mass is 16.6. The molecule has 0 bridgehead atoms. The summed E-state index contributed by atoms with van der Waals surface area (Å²) in [6, 6.07) is 0. The van der Waals surface area contributed by atoms with Gasteiger partial charge in [-0.15, -0.1) is 0 Å². The Balaban J connectivity index is 3.26. The highest BCUT2D eigenvalue weighted by molar-refractivity contribution is 6.24. The zero-order valence-corrected chi connectivity index (χ0v) is 11.4. The van der Waals surface area contributed by atoms with Crippen molar-refractivity contribution < 1.29 is 19.2 Å². The highest BCUT2D eigenvalue weighted by Gasteiger charge is 2.33. The van der Waals surface area contributed by atoms with Crippen LogP contribution in [0.2, 0.25) is 0 Å². The Morgan fingerprint density at radius 2 is 2.00 bits per heavy atom. The molecule has 0 radical (unpaired) electrons. The molecule has 0 aromatic carbocycles. The van der Waals surface area contributed by atoms with Crippen LogP contribution in [0.25, 0.3) is 0 Å². The molecule has 0 atom stereocenters. The maximum absolute atomic E-state index is 11.9. The quantitative estimate of drug-likeness (QED) is 0.360. The molecule has 0 saturated carbocycles. The first kappa shape index (κ1) is 14.4. The number of hydrogen-bond donors (Lipinski definition) is 1. The lowest BCUT2D eigenvalue weighted by molar-refractivity contribution is -0.138. The molecule has 0 fully saturated rings. The lowest BCUT2D eigenvalue weighted by Gasteiger charge is -2.27. The van der Waals surface area contributed by atoms with Crippen molar-refractivity contribution in [1.29, 1.82) is 0 Å². The number of nitrogens with one attached hydrogen (secondary N) is 1. The van der Waals surface area contributed by atoms with Crippen LogP contribution in [0.15, 0.2) is 23.1 Å². The summed E-state index contributed by atoms with van der Waals surface area (Å²) < 4.78 is 4.97. The molecule has 0 aromatic rings. The standard InChI is InChI=1S/C13H19NO4/c1-6-17-14-11(13(3,4)5)10-9(15)7-8(2)18-12(10)16/h7,14H,6H2,1-5H3. The topological polar surface area (TPSA) is 64.6 Å². The van der Waals surface area contributed by atoms with Crippen molar-refractivity contribution in [2.24, 2.45) is 5.41 Å². The monoisotopic (exact) mass is 253 g/mol. The number of allylic oxidation sites excluding steroid dienone is 3. The number of ether oxygens (including phenoxy) is 1. The summed E-state index contributed by atoms with van der Waals surface area (Å²) in [5.74, 6) is -0.698. The Bertz CT molecular complexity index is 427. The average molecular weight is 253 g/mol. The first-order valence-corrected chi connectivity index (χ1v) is 5.84. The van der Waals surface area contributed by atoms with E-state index in [9.17, 15) is 9.59 Å². The molecule has 1 rings (SSSR count). The Labute approximate surface area is 107 Å². The number of carbonyl (C=O) groups is 2. The molecule has 5 heteroatoms. The summed E-state index contributed by atoms with van der Waals surface area (Å²) in [6.45, 7) is 9.45. The molecule has 0 saturated heterocycles. The van der Waals surface area contributed by atoms with E-state index in [1.54, 1.807) is 6.92 Å². The Hall–Kier alpha value is -1.62. The molecule has 0 aliphatic carbocycles. The van der Waals surface area contributed by atoms with Gasteiger partial charge in [0.15, 0.2) is 5.78 Å². The van der Waals surface area contributed by atoms with Gasteiger partial charge in [-0.1, -0.05) is 20.8 Å². The van der Waals surface area contributed by atoms with Crippen molar-refractivity contribution in [3.63, 3.8) is 0 Å². The van der Waals surface area contributed by atoms with Gasteiger partial charge in [-0.05, 0) is 13.8 Å². The largest absolute Gasteiger partial charge is 0.427 e. The molecular weight excluding hydrogens is 234 g/mol. The Morgan fingerprint density at radius 3 is 2.44 bits per heavy atom. The van der Waals surface area contributed by atoms with Crippen molar-refractivity contribution in [3.8, 4) is 0 Å². The smallest absolute Gasteiger partial charge is 0.349 e. The van der Waals surface area contributed by atoms with Crippen LogP contribution in [0.3, 0.4) is 0 Å². The number of rotatable bonds is 3. The number of cyclic esters (lactones) is 1. The molecule has 0 spiro atoms. The molecule has 100 valence electrons. The third kappa shape index (κ3) is 3.20. The normalized spacial score (nSPS) is 19.3. The zero-order chi connectivity index (χ0) is 13.9. The van der Waals surface area contributed by atoms with E-state index in [1.165, 1.54) is 6.08 Å². The van der Waals surface area contributed by atoms with Gasteiger partial charge in [-0.25, -0.2) is 4.79 Å². The molecule has 0 unspecified atom stereocenters. The number of carbonyl (C=O) groups excluding carboxylic acids is 2. The molecule has 1 aliphatic heterocycles. The van der Waals surface area contributed by atoms with Gasteiger partial charge >= 0.3 is 5.97 Å². The Kier molecular flexibility index (Phi) is 4.29. The first-order chi connectivity index (χ1) is 8.27. The van der Waals surface area contributed by atoms with Crippen LogP contribution >= 0.6 is 0 Å². The minimum atomic E-state index is -0.642. The second-order valence-corrected chi connectivity index (χ2v) is 5.04. The summed E-state index contributed by atoms with van der Waals surface area (Å²) in [5, 5.41) is 0. The van der Waals surface area contributed by atoms with Crippen LogP contribution in [0, 0.1) is 5.41 Å². The molecule has 0 aromatic heterocycles. The van der Waals surface area contributed by atoms with Crippen LogP contribution in [0.1, 0.15) is 34.6 Å². The van der Waals surface area contributed by atoms with Gasteiger partial charge in [-0.2, -0.15) is 0 Å². The van der Waals surface area contributed by atoms with Crippen LogP contribution in [0.4, 0.5) is 0 Å². The molecule has 1 heterocycles. The number of esters is 1. The van der Waals surface area contributed by atoms with E-state index in [4.69, 9.17) is 9.57 Å². The van der Waals surface area contributed by atoms with Gasteiger partial charge < -0.3 is 4.74 Å². The van der Waals surface area contributed by atoms with Crippen molar-refractivity contribution in [3.05, 3.63) is 23.1 Å². The third-order valence-electron chi connectivity index (χ3n) is 2.36. The summed E-state index contributed by atoms with van der Waals surface area (Å²) in [6.07, 6.45) is 1.30. The zero-order valence-electron chi connectivity index (χ0n) is 11.4. The van der Waals surface area contributed by atoms with E-state index in [-0.39, 0.29) is 11.4 Å². The van der Waals surface area contributed by atoms with Gasteiger partial charge in [0, 0.05) is 11.5 Å². The van der Waals surface area contributed by atoms with Crippen molar-refractivity contribution in [2.75, 3.05) is 6.61 Å². The molecule has 0 amide bonds. The minimum absolute atomic E-state index is 0.00144. The SMILES string of the molecule is CCONC(=C1C(=O)C=C(C)OC1=O)C(C)(C)C. The predicted molar refractivity (Wildman–Crippen MR) is 66.1 cm³/mol. The van der Waals surface area contributed by atoms with E-state index >= 15 is 0 Å². The van der Waals surface area contributed by atoms with Gasteiger partial charge in [0.2, 0.25) is 0 Å². The molecular formula is C13H19NO4. The van der Waals surface area contributed by atoms with Gasteiger partial charge in [0.1, 0.15) is 11.3 Å². The van der Waals surface area contributed by atoms with Gasteiger partial charge in [0.05, 0.1) is 12.3 Å². The first-order valence-electron chi connectivity index (χ1n) is 5.84. The molecule has 18 heavy (non-hydrogen) atoms. The van der Waals surface area contributed by atoms with Crippen molar-refractivity contribution >= 4 is 11.8 Å². The van der Waals surface area contributed by atoms with Gasteiger partial charge in [0.25, 0.3) is 0 Å². The van der Waals surface area contributed by atoms with Gasteiger partial charge in [-0.3, -0.25) is 15.1 Å². The molecule has 1 aliphatic rings. The Morgan fingerprint density at radius 1 is 1.39 bits per heavy atom. The van der Waals surface area contributed by atoms with E-state index < -0.39 is 11.4 Å². The van der Waals surface area contributed by atoms with Crippen LogP contribution in [-0.2, 0) is 19.2 Å². The number of hydroxylamine groups is 1. The lowest BCUT2D eigenvalue weighted by Crippen LogP contribution is -2.33. The second kappa shape index (κ2) is 5.35. The number of ketones is 1.